The summed E-state index contributed by atoms with van der Waals surface area (Å²) in [6.45, 7) is -1.73. The molecule has 0 heterocycles. The monoisotopic (exact) mass is 206 g/mol. The Kier molecular flexibility index (Phi) is 10.1. The van der Waals surface area contributed by atoms with Crippen LogP contribution in [-0.4, -0.2) is 54.3 Å². The van der Waals surface area contributed by atoms with Gasteiger partial charge in [0.05, 0.1) is 0 Å². The van der Waals surface area contributed by atoms with Crippen LogP contribution in [0.3, 0.4) is 0 Å². The molecule has 0 aromatic rings. The predicted molar refractivity (Wildman–Crippen MR) is 34.5 cm³/mol. The third-order valence-electron chi connectivity index (χ3n) is 0.179. The Labute approximate surface area is 78.3 Å². The Hall–Kier alpha value is 0.217. The van der Waals surface area contributed by atoms with Crippen LogP contribution < -0.4 is 0 Å². The molecule has 72 valence electrons. The van der Waals surface area contributed by atoms with Gasteiger partial charge < -0.3 is 5.11 Å². The van der Waals surface area contributed by atoms with Crippen molar-refractivity contribution < 1.29 is 35.8 Å². The summed E-state index contributed by atoms with van der Waals surface area (Å²) in [5.41, 5.74) is 0. The van der Waals surface area contributed by atoms with Gasteiger partial charge in [-0.25, -0.2) is 0 Å². The fraction of sp³-hybridized carbons (Fsp3) is 1.00. The number of alkyl halides is 3. The van der Waals surface area contributed by atoms with Crippen LogP contribution >= 0.6 is 0 Å². The predicted octanol–water partition coefficient (Wildman–Crippen LogP) is -0.760. The molecule has 0 aliphatic carbocycles. The van der Waals surface area contributed by atoms with Crippen molar-refractivity contribution in [3.8, 4) is 0 Å². The fourth-order valence-corrected chi connectivity index (χ4v) is 0. The Bertz CT molecular complexity index is 177. The Balaban J connectivity index is -0.000000126. The average molecular weight is 206 g/mol. The first-order valence-corrected chi connectivity index (χ1v) is 3.33. The zero-order valence-corrected chi connectivity index (χ0v) is 5.72. The molecule has 5 nitrogen and oxygen atoms in total. The summed E-state index contributed by atoms with van der Waals surface area (Å²) in [7, 11) is -4.67. The molecule has 0 spiro atoms. The molecule has 0 aliphatic rings. The molecule has 0 fully saturated rings. The van der Waals surface area contributed by atoms with Crippen LogP contribution in [0.4, 0.5) is 13.2 Å². The van der Waals surface area contributed by atoms with Gasteiger partial charge in [0.2, 0.25) is 0 Å². The van der Waals surface area contributed by atoms with Gasteiger partial charge in [-0.3, -0.25) is 9.11 Å². The van der Waals surface area contributed by atoms with Crippen molar-refractivity contribution in [3.63, 3.8) is 0 Å². The summed E-state index contributed by atoms with van der Waals surface area (Å²) < 4.78 is 63.2. The summed E-state index contributed by atoms with van der Waals surface area (Å²) in [5, 5.41) is 7.28. The van der Waals surface area contributed by atoms with Gasteiger partial charge in [0.1, 0.15) is 6.61 Å². The molecular weight excluding hydrogens is 200 g/mol. The van der Waals surface area contributed by atoms with E-state index in [-0.39, 0.29) is 18.9 Å². The number of aliphatic hydroxyl groups excluding tert-OH is 1. The molecular formula is C2H6F3LiO5S. The van der Waals surface area contributed by atoms with Crippen molar-refractivity contribution in [2.24, 2.45) is 0 Å². The van der Waals surface area contributed by atoms with Crippen LogP contribution in [0.2, 0.25) is 0 Å². The van der Waals surface area contributed by atoms with E-state index in [2.05, 4.69) is 0 Å². The van der Waals surface area contributed by atoms with E-state index >= 15 is 0 Å². The van der Waals surface area contributed by atoms with Crippen LogP contribution in [0.1, 0.15) is 0 Å². The van der Waals surface area contributed by atoms with Gasteiger partial charge in [0, 0.05) is 0 Å². The first-order chi connectivity index (χ1) is 4.56. The molecule has 10 heteroatoms. The zero-order chi connectivity index (χ0) is 9.71. The number of hydrogen-bond acceptors (Lipinski definition) is 3. The fourth-order valence-electron chi connectivity index (χ4n) is 0. The van der Waals surface area contributed by atoms with Crippen molar-refractivity contribution in [2.45, 2.75) is 6.18 Å². The van der Waals surface area contributed by atoms with E-state index in [1.165, 1.54) is 0 Å². The molecule has 0 radical (unpaired) electrons. The van der Waals surface area contributed by atoms with E-state index in [9.17, 15) is 13.2 Å². The first-order valence-electron chi connectivity index (χ1n) is 1.94. The van der Waals surface area contributed by atoms with Crippen molar-refractivity contribution in [1.29, 1.82) is 0 Å². The van der Waals surface area contributed by atoms with Gasteiger partial charge in [-0.1, -0.05) is 0 Å². The van der Waals surface area contributed by atoms with Gasteiger partial charge >= 0.3 is 35.4 Å². The number of hydrogen-bond donors (Lipinski definition) is 3. The van der Waals surface area contributed by atoms with E-state index in [1.807, 2.05) is 0 Å². The Morgan fingerprint density at radius 1 is 1.17 bits per heavy atom. The maximum absolute atomic E-state index is 10.5. The minimum atomic E-state index is -4.67. The molecule has 0 atom stereocenters. The normalized spacial score (nSPS) is 10.8. The third kappa shape index (κ3) is 83.9. The van der Waals surface area contributed by atoms with Crippen molar-refractivity contribution >= 4 is 29.3 Å². The second-order valence-electron chi connectivity index (χ2n) is 1.22. The second kappa shape index (κ2) is 6.70. The summed E-state index contributed by atoms with van der Waals surface area (Å²) in [6, 6.07) is 0. The van der Waals surface area contributed by atoms with Gasteiger partial charge in [-0.05, 0) is 0 Å². The van der Waals surface area contributed by atoms with E-state index < -0.39 is 23.2 Å². The molecule has 0 aromatic carbocycles. The van der Waals surface area contributed by atoms with Crippen LogP contribution in [0.25, 0.3) is 0 Å². The van der Waals surface area contributed by atoms with Crippen LogP contribution in [0, 0.1) is 0 Å². The Morgan fingerprint density at radius 2 is 1.25 bits per heavy atom. The minimum absolute atomic E-state index is 0. The summed E-state index contributed by atoms with van der Waals surface area (Å²) in [5.74, 6) is 0. The molecule has 0 aliphatic heterocycles. The van der Waals surface area contributed by atoms with Gasteiger partial charge in [0.25, 0.3) is 0 Å². The van der Waals surface area contributed by atoms with Crippen molar-refractivity contribution in [3.05, 3.63) is 0 Å². The molecule has 3 N–H and O–H groups in total. The average Bonchev–Trinajstić information content (AvgIpc) is 1.59. The van der Waals surface area contributed by atoms with E-state index in [0.29, 0.717) is 0 Å². The van der Waals surface area contributed by atoms with E-state index in [4.69, 9.17) is 22.6 Å². The zero-order valence-electron chi connectivity index (χ0n) is 4.91. The SMILES string of the molecule is O=S(=O)(O)O.OCC(F)(F)F.[LiH]. The maximum atomic E-state index is 10.5. The van der Waals surface area contributed by atoms with Crippen LogP contribution in [0.5, 0.6) is 0 Å². The molecule has 0 unspecified atom stereocenters. The van der Waals surface area contributed by atoms with Gasteiger partial charge in [-0.2, -0.15) is 21.6 Å². The third-order valence-corrected chi connectivity index (χ3v) is 0.179. The van der Waals surface area contributed by atoms with Gasteiger partial charge in [-0.15, -0.1) is 0 Å². The van der Waals surface area contributed by atoms with Crippen LogP contribution in [0.15, 0.2) is 0 Å². The molecule has 0 saturated heterocycles. The van der Waals surface area contributed by atoms with Gasteiger partial charge in [0.15, 0.2) is 0 Å². The van der Waals surface area contributed by atoms with E-state index in [1.54, 1.807) is 0 Å². The summed E-state index contributed by atoms with van der Waals surface area (Å²) in [6.07, 6.45) is -4.40. The molecule has 0 aromatic heterocycles. The molecule has 0 rings (SSSR count). The molecule has 0 bridgehead atoms. The summed E-state index contributed by atoms with van der Waals surface area (Å²) >= 11 is 0. The summed E-state index contributed by atoms with van der Waals surface area (Å²) in [4.78, 5) is 0. The second-order valence-corrected chi connectivity index (χ2v) is 2.12. The van der Waals surface area contributed by atoms with Crippen LogP contribution in [-0.2, 0) is 10.4 Å². The van der Waals surface area contributed by atoms with E-state index in [0.717, 1.165) is 0 Å². The molecule has 12 heavy (non-hydrogen) atoms. The Morgan fingerprint density at radius 3 is 1.25 bits per heavy atom. The number of halogens is 3. The quantitative estimate of drug-likeness (QED) is 0.357. The first kappa shape index (κ1) is 18.1. The standard InChI is InChI=1S/C2H3F3O.Li.H2O4S.H/c3-2(4,5)1-6;;1-5(2,3)4;/h6H,1H2;;(H2,1,2,3,4);. The molecule has 0 amide bonds. The number of rotatable bonds is 0. The van der Waals surface area contributed by atoms with Crippen molar-refractivity contribution in [1.82, 2.24) is 0 Å². The number of aliphatic hydroxyl groups is 1. The van der Waals surface area contributed by atoms with Crippen molar-refractivity contribution in [2.75, 3.05) is 6.61 Å². The topological polar surface area (TPSA) is 94.8 Å². The molecule has 0 saturated carbocycles.